The molecule has 2 heteroatoms. The molecule has 0 amide bonds. The first kappa shape index (κ1) is 26.1. The van der Waals surface area contributed by atoms with E-state index in [1.807, 2.05) is 36.4 Å². The summed E-state index contributed by atoms with van der Waals surface area (Å²) in [5.74, 6) is 1.78. The normalized spacial score (nSPS) is 11.9. The monoisotopic (exact) mass is 600 g/mol. The van der Waals surface area contributed by atoms with E-state index in [1.54, 1.807) is 0 Å². The lowest BCUT2D eigenvalue weighted by atomic mass is 9.85. The Labute approximate surface area is 271 Å². The van der Waals surface area contributed by atoms with Crippen LogP contribution in [0.3, 0.4) is 0 Å². The Morgan fingerprint density at radius 2 is 0.851 bits per heavy atom. The molecular weight excluding hydrogens is 572 g/mol. The molecule has 10 aromatic rings. The molecule has 0 aliphatic heterocycles. The molecule has 0 aliphatic carbocycles. The van der Waals surface area contributed by atoms with Gasteiger partial charge in [-0.05, 0) is 91.3 Å². The molecule has 8 aromatic carbocycles. The second-order valence-corrected chi connectivity index (χ2v) is 12.6. The zero-order valence-corrected chi connectivity index (χ0v) is 25.8. The summed E-state index contributed by atoms with van der Waals surface area (Å²) in [6.45, 7) is 2.23. The van der Waals surface area contributed by atoms with Crippen LogP contribution in [0.2, 0.25) is 0 Å². The van der Waals surface area contributed by atoms with E-state index in [9.17, 15) is 0 Å². The smallest absolute Gasteiger partial charge is 0.135 e. The minimum Gasteiger partial charge on any atom is -0.456 e. The van der Waals surface area contributed by atoms with Crippen molar-refractivity contribution >= 4 is 54.3 Å². The van der Waals surface area contributed by atoms with E-state index >= 15 is 0 Å². The van der Waals surface area contributed by atoms with Gasteiger partial charge in [-0.1, -0.05) is 127 Å². The number of furan rings is 2. The lowest BCUT2D eigenvalue weighted by Gasteiger charge is -2.18. The van der Waals surface area contributed by atoms with Gasteiger partial charge >= 0.3 is 0 Å². The molecule has 47 heavy (non-hydrogen) atoms. The van der Waals surface area contributed by atoms with Gasteiger partial charge in [-0.25, -0.2) is 0 Å². The maximum atomic E-state index is 6.15. The van der Waals surface area contributed by atoms with Crippen LogP contribution in [-0.4, -0.2) is 0 Å². The number of aryl methyl sites for hydroxylation is 1. The van der Waals surface area contributed by atoms with Gasteiger partial charge in [0, 0.05) is 21.9 Å². The van der Waals surface area contributed by atoms with E-state index in [4.69, 9.17) is 8.83 Å². The summed E-state index contributed by atoms with van der Waals surface area (Å²) in [7, 11) is 0. The molecule has 0 fully saturated rings. The largest absolute Gasteiger partial charge is 0.456 e. The number of hydrogen-bond acceptors (Lipinski definition) is 2. The van der Waals surface area contributed by atoms with Crippen molar-refractivity contribution in [2.24, 2.45) is 0 Å². The van der Waals surface area contributed by atoms with Crippen molar-refractivity contribution < 1.29 is 8.83 Å². The van der Waals surface area contributed by atoms with E-state index in [0.29, 0.717) is 0 Å². The van der Waals surface area contributed by atoms with Crippen molar-refractivity contribution in [3.63, 3.8) is 0 Å². The molecule has 0 N–H and O–H groups in total. The number of benzene rings is 8. The van der Waals surface area contributed by atoms with Crippen molar-refractivity contribution in [3.05, 3.63) is 157 Å². The third kappa shape index (κ3) is 4.05. The molecule has 220 valence electrons. The molecule has 0 spiro atoms. The predicted octanol–water partition coefficient (Wildman–Crippen LogP) is 13.1. The highest BCUT2D eigenvalue weighted by Gasteiger charge is 2.17. The molecule has 0 aliphatic rings. The Morgan fingerprint density at radius 3 is 1.47 bits per heavy atom. The zero-order chi connectivity index (χ0) is 31.1. The summed E-state index contributed by atoms with van der Waals surface area (Å²) in [6.07, 6.45) is 0. The first-order valence-electron chi connectivity index (χ1n) is 16.1. The van der Waals surface area contributed by atoms with E-state index in [2.05, 4.69) is 122 Å². The topological polar surface area (TPSA) is 26.3 Å². The highest BCUT2D eigenvalue weighted by Crippen LogP contribution is 2.44. The van der Waals surface area contributed by atoms with Crippen LogP contribution in [0.25, 0.3) is 99.2 Å². The Morgan fingerprint density at radius 1 is 0.362 bits per heavy atom. The molecule has 2 heterocycles. The van der Waals surface area contributed by atoms with Crippen LogP contribution in [0.1, 0.15) is 5.56 Å². The SMILES string of the molecule is Cc1cc(-c2ccc(-c3cc4ccccc4o3)cc2)c2ccc3ccc(-c4ccc(-c5cc6ccccc6o5)cc4)c4ccc1c2c34. The number of para-hydroxylation sites is 2. The van der Waals surface area contributed by atoms with E-state index < -0.39 is 0 Å². The molecule has 0 bridgehead atoms. The fourth-order valence-corrected chi connectivity index (χ4v) is 7.44. The van der Waals surface area contributed by atoms with Gasteiger partial charge < -0.3 is 8.83 Å². The van der Waals surface area contributed by atoms with Gasteiger partial charge in [0.1, 0.15) is 22.7 Å². The van der Waals surface area contributed by atoms with Gasteiger partial charge in [-0.3, -0.25) is 0 Å². The van der Waals surface area contributed by atoms with Crippen LogP contribution in [0.4, 0.5) is 0 Å². The summed E-state index contributed by atoms with van der Waals surface area (Å²) >= 11 is 0. The molecule has 0 unspecified atom stereocenters. The standard InChI is InChI=1S/C45H28O2/c1-27-24-39(29-12-16-31(17-13-29)43-26-34-7-3-5-9-41(34)47-43)38-21-19-32-18-20-36(37-23-22-35(27)45(38)44(32)37)28-10-14-30(15-11-28)42-25-33-6-2-4-8-40(33)46-42/h2-26H,1H3. The van der Waals surface area contributed by atoms with Gasteiger partial charge in [0.05, 0.1) is 0 Å². The van der Waals surface area contributed by atoms with Crippen LogP contribution >= 0.6 is 0 Å². The van der Waals surface area contributed by atoms with Crippen molar-refractivity contribution in [1.82, 2.24) is 0 Å². The van der Waals surface area contributed by atoms with Crippen LogP contribution in [0, 0.1) is 6.92 Å². The van der Waals surface area contributed by atoms with Crippen LogP contribution < -0.4 is 0 Å². The molecule has 0 atom stereocenters. The summed E-state index contributed by atoms with van der Waals surface area (Å²) in [4.78, 5) is 0. The summed E-state index contributed by atoms with van der Waals surface area (Å²) in [5, 5.41) is 10.0. The van der Waals surface area contributed by atoms with Crippen molar-refractivity contribution in [3.8, 4) is 44.9 Å². The Bertz CT molecular complexity index is 2710. The van der Waals surface area contributed by atoms with Crippen molar-refractivity contribution in [1.29, 1.82) is 0 Å². The third-order valence-electron chi connectivity index (χ3n) is 9.80. The average Bonchev–Trinajstić information content (AvgIpc) is 3.76. The lowest BCUT2D eigenvalue weighted by Crippen LogP contribution is -1.91. The lowest BCUT2D eigenvalue weighted by molar-refractivity contribution is 0.631. The highest BCUT2D eigenvalue weighted by atomic mass is 16.3. The van der Waals surface area contributed by atoms with Gasteiger partial charge in [0.15, 0.2) is 0 Å². The third-order valence-corrected chi connectivity index (χ3v) is 9.80. The van der Waals surface area contributed by atoms with Crippen LogP contribution in [-0.2, 0) is 0 Å². The predicted molar refractivity (Wildman–Crippen MR) is 196 cm³/mol. The van der Waals surface area contributed by atoms with Gasteiger partial charge in [-0.2, -0.15) is 0 Å². The van der Waals surface area contributed by atoms with Crippen LogP contribution in [0.15, 0.2) is 160 Å². The minimum atomic E-state index is 0.891. The maximum Gasteiger partial charge on any atom is 0.135 e. The maximum absolute atomic E-state index is 6.15. The second-order valence-electron chi connectivity index (χ2n) is 12.6. The first-order valence-corrected chi connectivity index (χ1v) is 16.1. The zero-order valence-electron chi connectivity index (χ0n) is 25.8. The van der Waals surface area contributed by atoms with Crippen molar-refractivity contribution in [2.45, 2.75) is 6.92 Å². The minimum absolute atomic E-state index is 0.891. The number of rotatable bonds is 4. The molecule has 2 aromatic heterocycles. The summed E-state index contributed by atoms with van der Waals surface area (Å²) in [5.41, 5.74) is 10.1. The number of fused-ring (bicyclic) bond motifs is 2. The van der Waals surface area contributed by atoms with Gasteiger partial charge in [-0.15, -0.1) is 0 Å². The fourth-order valence-electron chi connectivity index (χ4n) is 7.44. The Balaban J connectivity index is 1.09. The highest BCUT2D eigenvalue weighted by molar-refractivity contribution is 6.28. The van der Waals surface area contributed by atoms with E-state index in [0.717, 1.165) is 44.6 Å². The Hall–Kier alpha value is -6.12. The van der Waals surface area contributed by atoms with E-state index in [-0.39, 0.29) is 0 Å². The van der Waals surface area contributed by atoms with Gasteiger partial charge in [0.25, 0.3) is 0 Å². The molecule has 10 rings (SSSR count). The molecular formula is C45H28O2. The number of hydrogen-bond donors (Lipinski definition) is 0. The van der Waals surface area contributed by atoms with Crippen molar-refractivity contribution in [2.75, 3.05) is 0 Å². The summed E-state index contributed by atoms with van der Waals surface area (Å²) in [6, 6.07) is 54.2. The van der Waals surface area contributed by atoms with E-state index in [1.165, 1.54) is 60.1 Å². The summed E-state index contributed by atoms with van der Waals surface area (Å²) < 4.78 is 12.3. The second kappa shape index (κ2) is 9.94. The first-order chi connectivity index (χ1) is 23.2. The fraction of sp³-hybridized carbons (Fsp3) is 0.0222. The Kier molecular flexibility index (Phi) is 5.53. The molecule has 0 saturated heterocycles. The van der Waals surface area contributed by atoms with Gasteiger partial charge in [0.2, 0.25) is 0 Å². The molecule has 0 saturated carbocycles. The average molecular weight is 601 g/mol. The quantitative estimate of drug-likeness (QED) is 0.188. The molecule has 2 nitrogen and oxygen atoms in total. The van der Waals surface area contributed by atoms with Crippen LogP contribution in [0.5, 0.6) is 0 Å². The molecule has 0 radical (unpaired) electrons.